The number of ether oxygens (including phenoxy) is 1. The molecular formula is C12H14Cl2N4O2. The largest absolute Gasteiger partial charge is 0.481 e. The topological polar surface area (TPSA) is 87.2 Å². The van der Waals surface area contributed by atoms with E-state index in [1.807, 2.05) is 31.2 Å². The predicted molar refractivity (Wildman–Crippen MR) is 80.5 cm³/mol. The van der Waals surface area contributed by atoms with Crippen LogP contribution in [0.1, 0.15) is 12.5 Å². The van der Waals surface area contributed by atoms with E-state index in [2.05, 4.69) is 15.2 Å². The van der Waals surface area contributed by atoms with Crippen LogP contribution in [-0.2, 0) is 11.2 Å². The summed E-state index contributed by atoms with van der Waals surface area (Å²) < 4.78 is 5.03. The van der Waals surface area contributed by atoms with Crippen LogP contribution in [0.3, 0.4) is 0 Å². The van der Waals surface area contributed by atoms with Crippen LogP contribution in [0.4, 0.5) is 4.79 Å². The van der Waals surface area contributed by atoms with E-state index < -0.39 is 6.03 Å². The van der Waals surface area contributed by atoms with Gasteiger partial charge in [-0.25, -0.2) is 4.79 Å². The van der Waals surface area contributed by atoms with Crippen molar-refractivity contribution < 1.29 is 9.53 Å². The summed E-state index contributed by atoms with van der Waals surface area (Å²) in [5, 5.41) is 14.3. The number of halogens is 2. The summed E-state index contributed by atoms with van der Waals surface area (Å²) in [6, 6.07) is 6.97. The first-order chi connectivity index (χ1) is 9.13. The smallest absolute Gasteiger partial charge is 0.387 e. The van der Waals surface area contributed by atoms with Crippen LogP contribution in [0, 0.1) is 5.41 Å². The number of benzene rings is 1. The van der Waals surface area contributed by atoms with E-state index >= 15 is 0 Å². The van der Waals surface area contributed by atoms with Crippen molar-refractivity contribution in [3.05, 3.63) is 34.9 Å². The van der Waals surface area contributed by atoms with Gasteiger partial charge < -0.3 is 4.74 Å². The van der Waals surface area contributed by atoms with Crippen molar-refractivity contribution in [2.24, 2.45) is 15.2 Å². The van der Waals surface area contributed by atoms with Gasteiger partial charge in [0.15, 0.2) is 5.90 Å². The normalized spacial score (nSPS) is 11.4. The molecule has 0 aliphatic carbocycles. The standard InChI is InChI=1S/C10H12ClNO.C2HN3O.ClH/c1-2-13-10(12)7-8-5-3-4-6-9(8)11;6-2-3-1-4-5-2;/h3-6,12H,2,7H2,1H3;1H;1H. The number of aliphatic imine (C=N–C) groups is 1. The first kappa shape index (κ1) is 18.2. The Kier molecular flexibility index (Phi) is 9.15. The highest BCUT2D eigenvalue weighted by atomic mass is 35.5. The summed E-state index contributed by atoms with van der Waals surface area (Å²) in [7, 11) is 0. The highest BCUT2D eigenvalue weighted by molar-refractivity contribution is 6.31. The van der Waals surface area contributed by atoms with Crippen molar-refractivity contribution >= 4 is 42.3 Å². The predicted octanol–water partition coefficient (Wildman–Crippen LogP) is 3.92. The molecule has 1 aliphatic rings. The number of urea groups is 1. The molecule has 8 heteroatoms. The molecule has 108 valence electrons. The highest BCUT2D eigenvalue weighted by Gasteiger charge is 2.02. The molecule has 0 saturated heterocycles. The average molecular weight is 317 g/mol. The summed E-state index contributed by atoms with van der Waals surface area (Å²) in [6.45, 7) is 2.39. The number of hydrogen-bond acceptors (Lipinski definition) is 4. The lowest BCUT2D eigenvalue weighted by Crippen LogP contribution is -2.06. The Morgan fingerprint density at radius 3 is 2.55 bits per heavy atom. The van der Waals surface area contributed by atoms with Gasteiger partial charge in [0, 0.05) is 11.4 Å². The first-order valence-corrected chi connectivity index (χ1v) is 5.92. The second kappa shape index (κ2) is 10.1. The molecule has 1 heterocycles. The Morgan fingerprint density at radius 2 is 2.10 bits per heavy atom. The maximum absolute atomic E-state index is 9.78. The summed E-state index contributed by atoms with van der Waals surface area (Å²) in [5.74, 6) is 0.260. The van der Waals surface area contributed by atoms with Gasteiger partial charge in [0.05, 0.1) is 6.61 Å². The molecule has 2 rings (SSSR count). The highest BCUT2D eigenvalue weighted by Crippen LogP contribution is 2.15. The van der Waals surface area contributed by atoms with Gasteiger partial charge in [-0.3, -0.25) is 5.41 Å². The van der Waals surface area contributed by atoms with E-state index in [1.54, 1.807) is 0 Å². The monoisotopic (exact) mass is 316 g/mol. The lowest BCUT2D eigenvalue weighted by Gasteiger charge is -2.05. The average Bonchev–Trinajstić information content (AvgIpc) is 2.84. The van der Waals surface area contributed by atoms with Gasteiger partial charge in [-0.1, -0.05) is 34.9 Å². The Labute approximate surface area is 127 Å². The van der Waals surface area contributed by atoms with Gasteiger partial charge in [0.2, 0.25) is 0 Å². The van der Waals surface area contributed by atoms with Crippen molar-refractivity contribution in [3.8, 4) is 0 Å². The molecule has 0 fully saturated rings. The number of carbonyl (C=O) groups is 1. The number of nitrogens with one attached hydrogen (secondary N) is 1. The molecule has 6 nitrogen and oxygen atoms in total. The second-order valence-electron chi connectivity index (χ2n) is 3.37. The van der Waals surface area contributed by atoms with Gasteiger partial charge in [0.25, 0.3) is 0 Å². The molecule has 0 radical (unpaired) electrons. The minimum Gasteiger partial charge on any atom is -0.481 e. The fraction of sp³-hybridized carbons (Fsp3) is 0.250. The van der Waals surface area contributed by atoms with E-state index in [0.29, 0.717) is 18.1 Å². The zero-order valence-corrected chi connectivity index (χ0v) is 12.3. The molecule has 1 aliphatic heterocycles. The van der Waals surface area contributed by atoms with Crippen molar-refractivity contribution in [1.82, 2.24) is 0 Å². The van der Waals surface area contributed by atoms with Crippen LogP contribution in [0.2, 0.25) is 5.02 Å². The lowest BCUT2D eigenvalue weighted by atomic mass is 10.1. The Balaban J connectivity index is 0.000000434. The SMILES string of the molecule is CCOC(=N)Cc1ccccc1Cl.Cl.O=C1N=CN=N1. The van der Waals surface area contributed by atoms with Crippen molar-refractivity contribution in [2.75, 3.05) is 6.61 Å². The molecule has 20 heavy (non-hydrogen) atoms. The van der Waals surface area contributed by atoms with Gasteiger partial charge >= 0.3 is 6.03 Å². The Bertz CT molecular complexity index is 504. The third kappa shape index (κ3) is 6.96. The molecule has 0 atom stereocenters. The minimum atomic E-state index is -0.519. The number of carbonyl (C=O) groups excluding carboxylic acids is 1. The minimum absolute atomic E-state index is 0. The molecule has 0 unspecified atom stereocenters. The molecule has 1 aromatic rings. The van der Waals surface area contributed by atoms with E-state index in [-0.39, 0.29) is 18.3 Å². The molecule has 2 amide bonds. The summed E-state index contributed by atoms with van der Waals surface area (Å²) in [5.41, 5.74) is 0.933. The van der Waals surface area contributed by atoms with Crippen LogP contribution in [0.5, 0.6) is 0 Å². The zero-order valence-electron chi connectivity index (χ0n) is 10.7. The number of rotatable bonds is 3. The summed E-state index contributed by atoms with van der Waals surface area (Å²) in [6.07, 6.45) is 1.58. The zero-order chi connectivity index (χ0) is 14.1. The van der Waals surface area contributed by atoms with Crippen LogP contribution in [0.25, 0.3) is 0 Å². The van der Waals surface area contributed by atoms with Gasteiger partial charge in [-0.15, -0.1) is 17.5 Å². The molecule has 1 aromatic carbocycles. The molecule has 0 aromatic heterocycles. The van der Waals surface area contributed by atoms with Crippen LogP contribution >= 0.6 is 24.0 Å². The Hall–Kier alpha value is -1.79. The Morgan fingerprint density at radius 1 is 1.40 bits per heavy atom. The van der Waals surface area contributed by atoms with Crippen LogP contribution in [0.15, 0.2) is 39.5 Å². The fourth-order valence-electron chi connectivity index (χ4n) is 1.22. The third-order valence-electron chi connectivity index (χ3n) is 1.99. The number of amides is 2. The molecule has 1 N–H and O–H groups in total. The summed E-state index contributed by atoms with van der Waals surface area (Å²) in [4.78, 5) is 12.9. The van der Waals surface area contributed by atoms with Crippen molar-refractivity contribution in [1.29, 1.82) is 5.41 Å². The van der Waals surface area contributed by atoms with E-state index in [0.717, 1.165) is 11.9 Å². The lowest BCUT2D eigenvalue weighted by molar-refractivity contribution is 0.257. The summed E-state index contributed by atoms with van der Waals surface area (Å²) >= 11 is 5.92. The van der Waals surface area contributed by atoms with E-state index in [9.17, 15) is 4.79 Å². The number of hydrogen-bond donors (Lipinski definition) is 1. The molecule has 0 saturated carbocycles. The van der Waals surface area contributed by atoms with Crippen molar-refractivity contribution in [3.63, 3.8) is 0 Å². The van der Waals surface area contributed by atoms with E-state index in [1.165, 1.54) is 0 Å². The molecule has 0 bridgehead atoms. The molecule has 0 spiro atoms. The second-order valence-corrected chi connectivity index (χ2v) is 3.77. The van der Waals surface area contributed by atoms with Crippen LogP contribution < -0.4 is 0 Å². The number of azo groups is 1. The van der Waals surface area contributed by atoms with Crippen LogP contribution in [-0.4, -0.2) is 24.9 Å². The first-order valence-electron chi connectivity index (χ1n) is 5.54. The fourth-order valence-corrected chi connectivity index (χ4v) is 1.42. The van der Waals surface area contributed by atoms with E-state index in [4.69, 9.17) is 21.7 Å². The third-order valence-corrected chi connectivity index (χ3v) is 2.36. The van der Waals surface area contributed by atoms with Gasteiger partial charge in [0.1, 0.15) is 6.34 Å². The number of nitrogens with zero attached hydrogens (tertiary/aromatic N) is 3. The maximum atomic E-state index is 9.78. The quantitative estimate of drug-likeness (QED) is 0.676. The maximum Gasteiger partial charge on any atom is 0.387 e. The van der Waals surface area contributed by atoms with Crippen molar-refractivity contribution in [2.45, 2.75) is 13.3 Å². The van der Waals surface area contributed by atoms with Gasteiger partial charge in [-0.05, 0) is 18.6 Å². The molecular weight excluding hydrogens is 303 g/mol. The van der Waals surface area contributed by atoms with Gasteiger partial charge in [-0.2, -0.15) is 4.99 Å².